The van der Waals surface area contributed by atoms with E-state index in [4.69, 9.17) is 10.8 Å². The molecule has 1 rings (SSSR count). The average molecular weight is 242 g/mol. The molecule has 17 heavy (non-hydrogen) atoms. The fourth-order valence-electron chi connectivity index (χ4n) is 2.13. The van der Waals surface area contributed by atoms with Crippen LogP contribution in [-0.4, -0.2) is 41.0 Å². The summed E-state index contributed by atoms with van der Waals surface area (Å²) in [7, 11) is 0. The number of aliphatic carboxylic acids is 1. The van der Waals surface area contributed by atoms with Crippen LogP contribution in [0.4, 0.5) is 0 Å². The molecule has 1 atom stereocenters. The normalized spacial score (nSPS) is 21.0. The molecule has 98 valence electrons. The molecule has 1 amide bonds. The van der Waals surface area contributed by atoms with Crippen molar-refractivity contribution in [1.82, 2.24) is 4.90 Å². The summed E-state index contributed by atoms with van der Waals surface area (Å²) >= 11 is 0. The fraction of sp³-hybridized carbons (Fsp3) is 0.833. The van der Waals surface area contributed by atoms with Crippen molar-refractivity contribution in [3.63, 3.8) is 0 Å². The van der Waals surface area contributed by atoms with E-state index in [2.05, 4.69) is 13.8 Å². The van der Waals surface area contributed by atoms with E-state index in [0.717, 1.165) is 19.3 Å². The minimum absolute atomic E-state index is 0.231. The van der Waals surface area contributed by atoms with Crippen LogP contribution < -0.4 is 5.73 Å². The van der Waals surface area contributed by atoms with Crippen LogP contribution in [0.2, 0.25) is 0 Å². The fourth-order valence-corrected chi connectivity index (χ4v) is 2.13. The molecule has 1 unspecified atom stereocenters. The van der Waals surface area contributed by atoms with Gasteiger partial charge < -0.3 is 15.7 Å². The van der Waals surface area contributed by atoms with Gasteiger partial charge in [0.2, 0.25) is 5.91 Å². The number of carbonyl (C=O) groups is 2. The number of piperidine rings is 1. The molecule has 0 aromatic rings. The minimum atomic E-state index is -1.03. The molecule has 3 N–H and O–H groups in total. The average Bonchev–Trinajstić information content (AvgIpc) is 2.28. The van der Waals surface area contributed by atoms with E-state index in [9.17, 15) is 9.59 Å². The maximum Gasteiger partial charge on any atom is 0.305 e. The quantitative estimate of drug-likeness (QED) is 0.764. The summed E-state index contributed by atoms with van der Waals surface area (Å²) in [5.74, 6) is -1.26. The zero-order valence-electron chi connectivity index (χ0n) is 10.6. The van der Waals surface area contributed by atoms with Crippen LogP contribution in [0.25, 0.3) is 0 Å². The number of carboxylic acid groups (broad SMARTS) is 1. The van der Waals surface area contributed by atoms with E-state index in [1.165, 1.54) is 0 Å². The SMILES string of the molecule is CCC1(C)CCN(C(=O)C(N)CC(=O)O)CC1. The molecule has 0 aromatic carbocycles. The summed E-state index contributed by atoms with van der Waals surface area (Å²) in [5.41, 5.74) is 5.89. The Morgan fingerprint density at radius 2 is 1.94 bits per heavy atom. The van der Waals surface area contributed by atoms with Gasteiger partial charge in [-0.15, -0.1) is 0 Å². The largest absolute Gasteiger partial charge is 0.481 e. The highest BCUT2D eigenvalue weighted by Crippen LogP contribution is 2.33. The highest BCUT2D eigenvalue weighted by molar-refractivity contribution is 5.86. The first-order valence-corrected chi connectivity index (χ1v) is 6.14. The number of carbonyl (C=O) groups excluding carboxylic acids is 1. The maximum atomic E-state index is 11.9. The maximum absolute atomic E-state index is 11.9. The summed E-state index contributed by atoms with van der Waals surface area (Å²) in [6.45, 7) is 5.77. The molecule has 1 saturated heterocycles. The summed E-state index contributed by atoms with van der Waals surface area (Å²) in [6, 6.07) is -0.904. The third-order valence-corrected chi connectivity index (χ3v) is 3.85. The Morgan fingerprint density at radius 3 is 2.35 bits per heavy atom. The van der Waals surface area contributed by atoms with E-state index >= 15 is 0 Å². The molecule has 1 heterocycles. The monoisotopic (exact) mass is 242 g/mol. The second kappa shape index (κ2) is 5.49. The second-order valence-corrected chi connectivity index (χ2v) is 5.19. The lowest BCUT2D eigenvalue weighted by atomic mass is 9.78. The van der Waals surface area contributed by atoms with Crippen molar-refractivity contribution in [1.29, 1.82) is 0 Å². The Labute approximate surface area is 102 Å². The first-order chi connectivity index (χ1) is 7.88. The number of hydrogen-bond acceptors (Lipinski definition) is 3. The van der Waals surface area contributed by atoms with E-state index in [1.54, 1.807) is 4.90 Å². The highest BCUT2D eigenvalue weighted by Gasteiger charge is 2.32. The Bertz CT molecular complexity index is 296. The van der Waals surface area contributed by atoms with Crippen LogP contribution in [0.3, 0.4) is 0 Å². The van der Waals surface area contributed by atoms with Crippen molar-refractivity contribution in [3.05, 3.63) is 0 Å². The summed E-state index contributed by atoms with van der Waals surface area (Å²) in [4.78, 5) is 24.1. The first-order valence-electron chi connectivity index (χ1n) is 6.14. The number of nitrogens with two attached hydrogens (primary N) is 1. The van der Waals surface area contributed by atoms with E-state index in [1.807, 2.05) is 0 Å². The van der Waals surface area contributed by atoms with Gasteiger partial charge in [-0.2, -0.15) is 0 Å². The van der Waals surface area contributed by atoms with Crippen molar-refractivity contribution < 1.29 is 14.7 Å². The Balaban J connectivity index is 2.48. The molecular weight excluding hydrogens is 220 g/mol. The molecule has 0 spiro atoms. The van der Waals surface area contributed by atoms with Crippen molar-refractivity contribution in [3.8, 4) is 0 Å². The van der Waals surface area contributed by atoms with Crippen LogP contribution in [0.5, 0.6) is 0 Å². The van der Waals surface area contributed by atoms with Crippen molar-refractivity contribution in [2.75, 3.05) is 13.1 Å². The first kappa shape index (κ1) is 14.0. The molecule has 5 heteroatoms. The molecular formula is C12H22N2O3. The van der Waals surface area contributed by atoms with Crippen LogP contribution in [0, 0.1) is 5.41 Å². The lowest BCUT2D eigenvalue weighted by Crippen LogP contribution is -2.49. The second-order valence-electron chi connectivity index (χ2n) is 5.19. The Kier molecular flexibility index (Phi) is 4.51. The summed E-state index contributed by atoms with van der Waals surface area (Å²) < 4.78 is 0. The molecule has 0 aromatic heterocycles. The molecule has 0 aliphatic carbocycles. The lowest BCUT2D eigenvalue weighted by molar-refractivity contribution is -0.142. The van der Waals surface area contributed by atoms with Gasteiger partial charge >= 0.3 is 5.97 Å². The molecule has 0 radical (unpaired) electrons. The summed E-state index contributed by atoms with van der Waals surface area (Å²) in [6.07, 6.45) is 2.75. The molecule has 1 fully saturated rings. The van der Waals surface area contributed by atoms with Gasteiger partial charge in [0.25, 0.3) is 0 Å². The standard InChI is InChI=1S/C12H22N2O3/c1-3-12(2)4-6-14(7-5-12)11(17)9(13)8-10(15)16/h9H,3-8,13H2,1-2H3,(H,15,16). The number of likely N-dealkylation sites (tertiary alicyclic amines) is 1. The third kappa shape index (κ3) is 3.70. The van der Waals surface area contributed by atoms with Gasteiger partial charge in [0.15, 0.2) is 0 Å². The molecule has 5 nitrogen and oxygen atoms in total. The highest BCUT2D eigenvalue weighted by atomic mass is 16.4. The van der Waals surface area contributed by atoms with Crippen molar-refractivity contribution >= 4 is 11.9 Å². The minimum Gasteiger partial charge on any atom is -0.481 e. The number of amides is 1. The van der Waals surface area contributed by atoms with Crippen LogP contribution in [0.1, 0.15) is 39.5 Å². The van der Waals surface area contributed by atoms with E-state index < -0.39 is 12.0 Å². The predicted octanol–water partition coefficient (Wildman–Crippen LogP) is 0.827. The third-order valence-electron chi connectivity index (χ3n) is 3.85. The molecule has 0 saturated carbocycles. The number of hydrogen-bond donors (Lipinski definition) is 2. The van der Waals surface area contributed by atoms with Gasteiger partial charge in [-0.25, -0.2) is 0 Å². The van der Waals surface area contributed by atoms with Gasteiger partial charge in [0, 0.05) is 13.1 Å². The smallest absolute Gasteiger partial charge is 0.305 e. The van der Waals surface area contributed by atoms with Gasteiger partial charge in [-0.3, -0.25) is 9.59 Å². The Morgan fingerprint density at radius 1 is 1.41 bits per heavy atom. The van der Waals surface area contributed by atoms with E-state index in [-0.39, 0.29) is 12.3 Å². The van der Waals surface area contributed by atoms with Crippen LogP contribution in [-0.2, 0) is 9.59 Å². The van der Waals surface area contributed by atoms with Gasteiger partial charge in [-0.05, 0) is 18.3 Å². The van der Waals surface area contributed by atoms with Gasteiger partial charge in [-0.1, -0.05) is 20.3 Å². The Hall–Kier alpha value is -1.10. The topological polar surface area (TPSA) is 83.6 Å². The summed E-state index contributed by atoms with van der Waals surface area (Å²) in [5, 5.41) is 8.60. The number of carboxylic acids is 1. The zero-order chi connectivity index (χ0) is 13.1. The van der Waals surface area contributed by atoms with Gasteiger partial charge in [0.05, 0.1) is 12.5 Å². The number of nitrogens with zero attached hydrogens (tertiary/aromatic N) is 1. The number of rotatable bonds is 4. The zero-order valence-corrected chi connectivity index (χ0v) is 10.6. The molecule has 1 aliphatic heterocycles. The lowest BCUT2D eigenvalue weighted by Gasteiger charge is -2.39. The van der Waals surface area contributed by atoms with Gasteiger partial charge in [0.1, 0.15) is 0 Å². The molecule has 1 aliphatic rings. The molecule has 0 bridgehead atoms. The van der Waals surface area contributed by atoms with Crippen LogP contribution in [0.15, 0.2) is 0 Å². The van der Waals surface area contributed by atoms with Crippen molar-refractivity contribution in [2.45, 2.75) is 45.6 Å². The van der Waals surface area contributed by atoms with E-state index in [0.29, 0.717) is 18.5 Å². The predicted molar refractivity (Wildman–Crippen MR) is 64.4 cm³/mol. The van der Waals surface area contributed by atoms with Crippen LogP contribution >= 0.6 is 0 Å². The van der Waals surface area contributed by atoms with Crippen molar-refractivity contribution in [2.24, 2.45) is 11.1 Å².